The molecule has 164 valence electrons. The van der Waals surface area contributed by atoms with E-state index < -0.39 is 44.6 Å². The van der Waals surface area contributed by atoms with Gasteiger partial charge in [-0.15, -0.1) is 0 Å². The highest BCUT2D eigenvalue weighted by molar-refractivity contribution is 7.19. The molecule has 0 aromatic heterocycles. The molecule has 1 aliphatic rings. The maximum absolute atomic E-state index is 12.6. The predicted octanol–water partition coefficient (Wildman–Crippen LogP) is 4.59. The fourth-order valence-corrected chi connectivity index (χ4v) is 43.0. The fourth-order valence-electron chi connectivity index (χ4n) is 4.98. The smallest absolute Gasteiger partial charge is 0.317 e. The van der Waals surface area contributed by atoms with Crippen LogP contribution in [0.3, 0.4) is 0 Å². The molecule has 0 aliphatic carbocycles. The molecule has 1 saturated heterocycles. The van der Waals surface area contributed by atoms with Gasteiger partial charge >= 0.3 is 17.0 Å². The summed E-state index contributed by atoms with van der Waals surface area (Å²) in [6.45, 7) is 29.1. The first-order valence-corrected chi connectivity index (χ1v) is 21.6. The molecule has 0 aromatic carbocycles. The van der Waals surface area contributed by atoms with Crippen LogP contribution in [0.5, 0.6) is 0 Å². The summed E-state index contributed by atoms with van der Waals surface area (Å²) in [4.78, 5) is 25.2. The van der Waals surface area contributed by atoms with Crippen molar-refractivity contribution in [2.75, 3.05) is 0 Å². The van der Waals surface area contributed by atoms with Crippen LogP contribution in [0.1, 0.15) is 41.5 Å². The maximum Gasteiger partial charge on any atom is 0.317 e. The van der Waals surface area contributed by atoms with Crippen molar-refractivity contribution in [1.82, 2.24) is 7.79 Å². The second kappa shape index (κ2) is 7.15. The lowest BCUT2D eigenvalue weighted by atomic mass is 9.98. The largest absolute Gasteiger partial charge is 0.506 e. The van der Waals surface area contributed by atoms with Crippen molar-refractivity contribution >= 4 is 45.7 Å². The summed E-state index contributed by atoms with van der Waals surface area (Å²) in [5.41, 5.74) is -1.02. The first kappa shape index (κ1) is 25.8. The van der Waals surface area contributed by atoms with E-state index in [1.165, 1.54) is 0 Å². The number of carbonyl (C=O) groups excluding carboxylic acids is 2. The van der Waals surface area contributed by atoms with E-state index in [0.29, 0.717) is 0 Å². The third kappa shape index (κ3) is 4.72. The second-order valence-corrected chi connectivity index (χ2v) is 29.4. The van der Waals surface area contributed by atoms with Gasteiger partial charge in [-0.3, -0.25) is 9.59 Å². The van der Waals surface area contributed by atoms with Crippen LogP contribution in [0.25, 0.3) is 0 Å². The molecule has 0 amide bonds. The lowest BCUT2D eigenvalue weighted by Crippen LogP contribution is -2.98. The number of nitrogens with zero attached hydrogens (tertiary/aromatic N) is 2. The van der Waals surface area contributed by atoms with E-state index in [0.717, 1.165) is 0 Å². The van der Waals surface area contributed by atoms with E-state index in [1.54, 1.807) is 0 Å². The average molecular weight is 463 g/mol. The number of carbonyl (C=O) groups is 2. The van der Waals surface area contributed by atoms with Crippen LogP contribution in [0.4, 0.5) is 0 Å². The van der Waals surface area contributed by atoms with Crippen LogP contribution in [-0.4, -0.2) is 53.5 Å². The molecule has 28 heavy (non-hydrogen) atoms. The number of hydrogen-bond donors (Lipinski definition) is 0. The van der Waals surface area contributed by atoms with Gasteiger partial charge in [-0.25, -0.2) is 0 Å². The van der Waals surface area contributed by atoms with Crippen LogP contribution in [0.2, 0.25) is 52.4 Å². The zero-order valence-electron chi connectivity index (χ0n) is 20.5. The molecule has 0 unspecified atom stereocenters. The van der Waals surface area contributed by atoms with Gasteiger partial charge in [-0.1, -0.05) is 0 Å². The predicted molar refractivity (Wildman–Crippen MR) is 125 cm³/mol. The molecule has 0 atom stereocenters. The molecule has 1 aliphatic heterocycles. The Morgan fingerprint density at radius 2 is 0.857 bits per heavy atom. The third-order valence-corrected chi connectivity index (χ3v) is 32.7. The van der Waals surface area contributed by atoms with Crippen molar-refractivity contribution in [3.8, 4) is 0 Å². The van der Waals surface area contributed by atoms with Crippen molar-refractivity contribution in [1.29, 1.82) is 0 Å². The van der Waals surface area contributed by atoms with Gasteiger partial charge in [0.2, 0.25) is 0 Å². The fraction of sp³-hybridized carbons (Fsp3) is 0.889. The van der Waals surface area contributed by atoms with Crippen LogP contribution < -0.4 is 0 Å². The molecular weight excluding hydrogens is 421 g/mol. The topological polar surface area (TPSA) is 59.1 Å². The standard InChI is InChI=1S/C18H42N2O4Si4/c1-17(2,3)15(21)23-27(11,12)19-25(7,8)20(26(19,9)10)28(13,14)24-16(22)18(4,5)6/h1-14H3. The molecular formula is C18H42N2O4Si4. The van der Waals surface area contributed by atoms with Gasteiger partial charge in [0.05, 0.1) is 10.8 Å². The molecule has 0 radical (unpaired) electrons. The zero-order chi connectivity index (χ0) is 22.7. The molecule has 1 heterocycles. The van der Waals surface area contributed by atoms with E-state index in [2.05, 4.69) is 60.2 Å². The monoisotopic (exact) mass is 462 g/mol. The molecule has 10 heteroatoms. The Kier molecular flexibility index (Phi) is 6.58. The van der Waals surface area contributed by atoms with Crippen molar-refractivity contribution in [2.45, 2.75) is 93.9 Å². The first-order valence-electron chi connectivity index (χ1n) is 10.1. The number of rotatable bonds is 4. The lowest BCUT2D eigenvalue weighted by molar-refractivity contribution is -0.144. The van der Waals surface area contributed by atoms with Gasteiger partial charge in [0.15, 0.2) is 16.8 Å². The zero-order valence-corrected chi connectivity index (χ0v) is 24.5. The minimum atomic E-state index is -2.41. The molecule has 1 fully saturated rings. The molecule has 0 N–H and O–H groups in total. The minimum Gasteiger partial charge on any atom is -0.506 e. The summed E-state index contributed by atoms with van der Waals surface area (Å²) in [7, 11) is -8.97. The Hall–Kier alpha value is -0.272. The normalized spacial score (nSPS) is 21.1. The first-order chi connectivity index (χ1) is 12.0. The Bertz CT molecular complexity index is 581. The van der Waals surface area contributed by atoms with E-state index in [-0.39, 0.29) is 11.9 Å². The SMILES string of the molecule is CC(C)(C)C(=O)O[Si](C)(C)N1[Si](C)(C)N([Si](C)(C)OC(=O)C(C)(C)C)[Si]1(C)C. The summed E-state index contributed by atoms with van der Waals surface area (Å²) < 4.78 is 17.5. The van der Waals surface area contributed by atoms with Crippen molar-refractivity contribution in [3.05, 3.63) is 0 Å². The molecule has 0 aromatic rings. The molecule has 6 nitrogen and oxygen atoms in total. The maximum atomic E-state index is 12.6. The van der Waals surface area contributed by atoms with Gasteiger partial charge in [0.1, 0.15) is 0 Å². The molecule has 0 spiro atoms. The van der Waals surface area contributed by atoms with Gasteiger partial charge in [0.25, 0.3) is 11.9 Å². The van der Waals surface area contributed by atoms with Crippen LogP contribution >= 0.6 is 0 Å². The van der Waals surface area contributed by atoms with E-state index in [9.17, 15) is 9.59 Å². The molecule has 1 rings (SSSR count). The van der Waals surface area contributed by atoms with Gasteiger partial charge < -0.3 is 16.6 Å². The van der Waals surface area contributed by atoms with Gasteiger partial charge in [-0.05, 0) is 93.9 Å². The Morgan fingerprint density at radius 1 is 0.643 bits per heavy atom. The average Bonchev–Trinajstić information content (AvgIpc) is 2.30. The third-order valence-electron chi connectivity index (χ3n) is 5.18. The van der Waals surface area contributed by atoms with Crippen LogP contribution in [0.15, 0.2) is 0 Å². The van der Waals surface area contributed by atoms with Crippen molar-refractivity contribution < 1.29 is 18.4 Å². The second-order valence-electron chi connectivity index (χ2n) is 11.8. The Balaban J connectivity index is 3.21. The summed E-state index contributed by atoms with van der Waals surface area (Å²) in [6, 6.07) is 0. The summed E-state index contributed by atoms with van der Waals surface area (Å²) >= 11 is 0. The quantitative estimate of drug-likeness (QED) is 0.569. The van der Waals surface area contributed by atoms with E-state index >= 15 is 0 Å². The van der Waals surface area contributed by atoms with E-state index in [4.69, 9.17) is 8.85 Å². The molecule has 0 saturated carbocycles. The Labute approximate surface area is 176 Å². The highest BCUT2D eigenvalue weighted by Crippen LogP contribution is 2.46. The van der Waals surface area contributed by atoms with Crippen molar-refractivity contribution in [3.63, 3.8) is 0 Å². The number of hydrogen-bond acceptors (Lipinski definition) is 6. The lowest BCUT2D eigenvalue weighted by Gasteiger charge is -2.73. The van der Waals surface area contributed by atoms with Crippen molar-refractivity contribution in [2.24, 2.45) is 10.8 Å². The van der Waals surface area contributed by atoms with Gasteiger partial charge in [-0.2, -0.15) is 0 Å². The minimum absolute atomic E-state index is 0.132. The van der Waals surface area contributed by atoms with Crippen LogP contribution in [-0.2, 0) is 18.4 Å². The Morgan fingerprint density at radius 3 is 1.04 bits per heavy atom. The summed E-state index contributed by atoms with van der Waals surface area (Å²) in [5.74, 6) is -0.263. The van der Waals surface area contributed by atoms with E-state index in [1.807, 2.05) is 41.5 Å². The highest BCUT2D eigenvalue weighted by atomic mass is 28.6. The molecule has 0 bridgehead atoms. The highest BCUT2D eigenvalue weighted by Gasteiger charge is 2.72. The summed E-state index contributed by atoms with van der Waals surface area (Å²) in [5, 5.41) is 0. The summed E-state index contributed by atoms with van der Waals surface area (Å²) in [6.07, 6.45) is 0. The van der Waals surface area contributed by atoms with Gasteiger partial charge in [0, 0.05) is 0 Å². The van der Waals surface area contributed by atoms with Crippen LogP contribution in [0, 0.1) is 10.8 Å².